The van der Waals surface area contributed by atoms with Gasteiger partial charge in [-0.05, 0) is 20.8 Å². The molecule has 0 atom stereocenters. The maximum absolute atomic E-state index is 11.6. The quantitative estimate of drug-likeness (QED) is 0.462. The van der Waals surface area contributed by atoms with E-state index in [1.165, 1.54) is 6.26 Å². The van der Waals surface area contributed by atoms with E-state index in [-0.39, 0.29) is 24.5 Å². The van der Waals surface area contributed by atoms with E-state index in [1.54, 1.807) is 20.8 Å². The summed E-state index contributed by atoms with van der Waals surface area (Å²) in [5.41, 5.74) is 2.29. The minimum atomic E-state index is -3.21. The number of ether oxygens (including phenoxy) is 1. The molecule has 0 aliphatic heterocycles. The number of nitrogen functional groups attached to an aromatic ring is 1. The molecule has 0 fully saturated rings. The van der Waals surface area contributed by atoms with Crippen molar-refractivity contribution in [1.82, 2.24) is 15.0 Å². The molecule has 1 aromatic rings. The van der Waals surface area contributed by atoms with Gasteiger partial charge in [0.15, 0.2) is 9.84 Å². The minimum absolute atomic E-state index is 0.107. The largest absolute Gasteiger partial charge is 0.464 e. The maximum atomic E-state index is 11.6. The third-order valence-electron chi connectivity index (χ3n) is 2.69. The van der Waals surface area contributed by atoms with Gasteiger partial charge < -0.3 is 10.1 Å². The standard InChI is InChI=1S/C10H20N6O3S/c1-5-19-9-14-7(13-8(15-9)16-11)12-6-10(2,3)20(4,17)18/h5-6,11H2,1-4H3,(H2,12,13,14,15,16). The summed E-state index contributed by atoms with van der Waals surface area (Å²) < 4.78 is 27.4. The van der Waals surface area contributed by atoms with Crippen molar-refractivity contribution in [2.45, 2.75) is 25.5 Å². The molecule has 10 heteroatoms. The van der Waals surface area contributed by atoms with Gasteiger partial charge >= 0.3 is 6.01 Å². The zero-order valence-corrected chi connectivity index (χ0v) is 12.8. The molecule has 114 valence electrons. The summed E-state index contributed by atoms with van der Waals surface area (Å²) in [4.78, 5) is 11.9. The van der Waals surface area contributed by atoms with Gasteiger partial charge in [0.05, 0.1) is 11.4 Å². The van der Waals surface area contributed by atoms with Crippen LogP contribution >= 0.6 is 0 Å². The number of nitrogens with two attached hydrogens (primary N) is 1. The Morgan fingerprint density at radius 1 is 1.25 bits per heavy atom. The zero-order valence-electron chi connectivity index (χ0n) is 12.0. The molecular formula is C10H20N6O3S. The van der Waals surface area contributed by atoms with E-state index >= 15 is 0 Å². The highest BCUT2D eigenvalue weighted by Gasteiger charge is 2.30. The van der Waals surface area contributed by atoms with Gasteiger partial charge in [0.1, 0.15) is 0 Å². The van der Waals surface area contributed by atoms with Gasteiger partial charge in [-0.2, -0.15) is 15.0 Å². The molecule has 20 heavy (non-hydrogen) atoms. The predicted molar refractivity (Wildman–Crippen MR) is 76.2 cm³/mol. The van der Waals surface area contributed by atoms with Crippen molar-refractivity contribution in [2.24, 2.45) is 5.84 Å². The average molecular weight is 304 g/mol. The van der Waals surface area contributed by atoms with Gasteiger partial charge in [0.2, 0.25) is 11.9 Å². The van der Waals surface area contributed by atoms with Gasteiger partial charge in [-0.3, -0.25) is 5.43 Å². The highest BCUT2D eigenvalue weighted by atomic mass is 32.2. The molecule has 0 saturated heterocycles. The molecule has 0 bridgehead atoms. The molecule has 0 aliphatic carbocycles. The normalized spacial score (nSPS) is 12.1. The lowest BCUT2D eigenvalue weighted by Gasteiger charge is -2.22. The van der Waals surface area contributed by atoms with Crippen LogP contribution in [0.2, 0.25) is 0 Å². The van der Waals surface area contributed by atoms with Crippen LogP contribution in [-0.4, -0.2) is 47.5 Å². The van der Waals surface area contributed by atoms with Crippen LogP contribution < -0.4 is 21.3 Å². The SMILES string of the molecule is CCOc1nc(NN)nc(NCC(C)(C)S(C)(=O)=O)n1. The van der Waals surface area contributed by atoms with E-state index in [2.05, 4.69) is 25.7 Å². The van der Waals surface area contributed by atoms with Gasteiger partial charge in [0.25, 0.3) is 0 Å². The third kappa shape index (κ3) is 4.17. The summed E-state index contributed by atoms with van der Waals surface area (Å²) >= 11 is 0. The van der Waals surface area contributed by atoms with Crippen molar-refractivity contribution >= 4 is 21.7 Å². The first kappa shape index (κ1) is 16.4. The van der Waals surface area contributed by atoms with Gasteiger partial charge in [-0.25, -0.2) is 14.3 Å². The summed E-state index contributed by atoms with van der Waals surface area (Å²) in [6, 6.07) is 0.107. The van der Waals surface area contributed by atoms with Crippen LogP contribution in [-0.2, 0) is 9.84 Å². The summed E-state index contributed by atoms with van der Waals surface area (Å²) in [6.45, 7) is 5.55. The molecule has 0 saturated carbocycles. The van der Waals surface area contributed by atoms with Crippen LogP contribution in [0.5, 0.6) is 6.01 Å². The number of hydrogen-bond donors (Lipinski definition) is 3. The van der Waals surface area contributed by atoms with Gasteiger partial charge in [-0.15, -0.1) is 0 Å². The van der Waals surface area contributed by atoms with Crippen molar-refractivity contribution < 1.29 is 13.2 Å². The molecule has 1 heterocycles. The van der Waals surface area contributed by atoms with Crippen LogP contribution in [0.3, 0.4) is 0 Å². The first-order chi connectivity index (χ1) is 9.19. The second-order valence-corrected chi connectivity index (χ2v) is 7.38. The lowest BCUT2D eigenvalue weighted by molar-refractivity contribution is 0.312. The number of sulfone groups is 1. The van der Waals surface area contributed by atoms with Crippen LogP contribution in [0.1, 0.15) is 20.8 Å². The molecule has 1 aromatic heterocycles. The Kier molecular flexibility index (Phi) is 5.06. The number of aromatic nitrogens is 3. The van der Waals surface area contributed by atoms with E-state index in [4.69, 9.17) is 10.6 Å². The number of nitrogens with zero attached hydrogens (tertiary/aromatic N) is 3. The van der Waals surface area contributed by atoms with Crippen molar-refractivity contribution in [1.29, 1.82) is 0 Å². The van der Waals surface area contributed by atoms with Crippen LogP contribution in [0.15, 0.2) is 0 Å². The molecule has 0 aromatic carbocycles. The number of rotatable bonds is 7. The predicted octanol–water partition coefficient (Wildman–Crippen LogP) is -0.209. The monoisotopic (exact) mass is 304 g/mol. The van der Waals surface area contributed by atoms with Crippen molar-refractivity contribution in [2.75, 3.05) is 30.1 Å². The molecule has 9 nitrogen and oxygen atoms in total. The Balaban J connectivity index is 2.90. The lowest BCUT2D eigenvalue weighted by atomic mass is 10.2. The van der Waals surface area contributed by atoms with Crippen molar-refractivity contribution in [3.63, 3.8) is 0 Å². The highest BCUT2D eigenvalue weighted by Crippen LogP contribution is 2.17. The molecule has 0 unspecified atom stereocenters. The fourth-order valence-corrected chi connectivity index (χ4v) is 1.45. The van der Waals surface area contributed by atoms with Gasteiger partial charge in [0, 0.05) is 12.8 Å². The number of hydrogen-bond acceptors (Lipinski definition) is 9. The molecule has 0 amide bonds. The number of anilines is 2. The maximum Gasteiger partial charge on any atom is 0.323 e. The van der Waals surface area contributed by atoms with Crippen LogP contribution in [0, 0.1) is 0 Å². The number of nitrogens with one attached hydrogen (secondary N) is 2. The lowest BCUT2D eigenvalue weighted by Crippen LogP contribution is -2.38. The molecule has 1 rings (SSSR count). The first-order valence-electron chi connectivity index (χ1n) is 5.98. The van der Waals surface area contributed by atoms with Crippen molar-refractivity contribution in [3.8, 4) is 6.01 Å². The fourth-order valence-electron chi connectivity index (χ4n) is 1.12. The minimum Gasteiger partial charge on any atom is -0.464 e. The second-order valence-electron chi connectivity index (χ2n) is 4.73. The highest BCUT2D eigenvalue weighted by molar-refractivity contribution is 7.92. The average Bonchev–Trinajstić information content (AvgIpc) is 2.35. The van der Waals surface area contributed by atoms with Crippen LogP contribution in [0.25, 0.3) is 0 Å². The number of hydrazine groups is 1. The Hall–Kier alpha value is -1.68. The summed E-state index contributed by atoms with van der Waals surface area (Å²) in [7, 11) is -3.21. The topological polar surface area (TPSA) is 132 Å². The third-order valence-corrected chi connectivity index (χ3v) is 4.85. The van der Waals surface area contributed by atoms with Crippen LogP contribution in [0.4, 0.5) is 11.9 Å². The second kappa shape index (κ2) is 6.18. The van der Waals surface area contributed by atoms with E-state index in [0.717, 1.165) is 0 Å². The Morgan fingerprint density at radius 3 is 2.35 bits per heavy atom. The zero-order chi connectivity index (χ0) is 15.4. The molecule has 0 spiro atoms. The Labute approximate surface area is 118 Å². The van der Waals surface area contributed by atoms with Crippen molar-refractivity contribution in [3.05, 3.63) is 0 Å². The fraction of sp³-hybridized carbons (Fsp3) is 0.700. The van der Waals surface area contributed by atoms with E-state index in [0.29, 0.717) is 6.61 Å². The summed E-state index contributed by atoms with van der Waals surface area (Å²) in [5.74, 6) is 5.57. The molecule has 4 N–H and O–H groups in total. The first-order valence-corrected chi connectivity index (χ1v) is 7.87. The summed E-state index contributed by atoms with van der Waals surface area (Å²) in [6.07, 6.45) is 1.18. The Morgan fingerprint density at radius 2 is 1.85 bits per heavy atom. The molecular weight excluding hydrogens is 284 g/mol. The molecule has 0 aliphatic rings. The summed E-state index contributed by atoms with van der Waals surface area (Å²) in [5, 5.41) is 2.85. The van der Waals surface area contributed by atoms with E-state index < -0.39 is 14.6 Å². The van der Waals surface area contributed by atoms with E-state index in [1.807, 2.05) is 0 Å². The van der Waals surface area contributed by atoms with E-state index in [9.17, 15) is 8.42 Å². The Bertz CT molecular complexity index is 560. The van der Waals surface area contributed by atoms with Gasteiger partial charge in [-0.1, -0.05) is 0 Å². The smallest absolute Gasteiger partial charge is 0.323 e. The molecule has 0 radical (unpaired) electrons.